The summed E-state index contributed by atoms with van der Waals surface area (Å²) in [4.78, 5) is 21.0. The van der Waals surface area contributed by atoms with E-state index in [1.165, 1.54) is 54.7 Å². The number of halogens is 2. The van der Waals surface area contributed by atoms with E-state index < -0.39 is 27.5 Å². The number of hydrogen-bond acceptors (Lipinski definition) is 14. The van der Waals surface area contributed by atoms with Crippen molar-refractivity contribution in [2.75, 3.05) is 63.3 Å². The lowest BCUT2D eigenvalue weighted by Crippen LogP contribution is -2.20. The lowest BCUT2D eigenvalue weighted by Gasteiger charge is -2.13. The van der Waals surface area contributed by atoms with Crippen molar-refractivity contribution < 1.29 is 50.4 Å². The molecule has 7 aromatic rings. The fourth-order valence-electron chi connectivity index (χ4n) is 5.93. The molecule has 5 aromatic carbocycles. The van der Waals surface area contributed by atoms with Gasteiger partial charge >= 0.3 is 6.03 Å². The molecule has 0 aliphatic rings. The van der Waals surface area contributed by atoms with Gasteiger partial charge in [-0.1, -0.05) is 6.07 Å². The summed E-state index contributed by atoms with van der Waals surface area (Å²) < 4.78 is 84.6. The smallest absolute Gasteiger partial charge is 0.323 e. The number of nitrogen functional groups attached to an aromatic ring is 1. The molecule has 2 amide bonds. The summed E-state index contributed by atoms with van der Waals surface area (Å²) >= 11 is 0. The molecule has 0 unspecified atom stereocenters. The van der Waals surface area contributed by atoms with Crippen molar-refractivity contribution in [2.45, 2.75) is 4.90 Å². The zero-order valence-electron chi connectivity index (χ0n) is 34.9. The lowest BCUT2D eigenvalue weighted by molar-refractivity contribution is 0.146. The Kier molecular flexibility index (Phi) is 15.2. The Morgan fingerprint density at radius 2 is 1.22 bits per heavy atom. The first-order valence-corrected chi connectivity index (χ1v) is 21.2. The van der Waals surface area contributed by atoms with E-state index in [0.29, 0.717) is 75.9 Å². The number of aromatic nitrogens is 2. The van der Waals surface area contributed by atoms with E-state index >= 15 is 0 Å². The van der Waals surface area contributed by atoms with Crippen LogP contribution in [0, 0.1) is 34.3 Å². The van der Waals surface area contributed by atoms with Crippen LogP contribution in [0.2, 0.25) is 0 Å². The standard InChI is InChI=1S/C27H23FN4O6S.C19H16FN3O3/c1-36-10-11-37-26-15-24-21(12-17(26)16-29)25(8-9-30-24)38-19-6-7-23(22(28)14-19)32-27(33)31-18-4-3-5-20(13-18)39(2,34)35;1-24-6-7-25-19-10-17-14(8-12(19)11-21)18(4-5-23-17)26-13-2-3-16(22)15(20)9-13/h3-9,12-15H,10-11H2,1-2H3,(H2,31,32,33);2-5,8-10H,6-7,22H2,1H3. The molecular weight excluding hydrogens is 865 g/mol. The van der Waals surface area contributed by atoms with Gasteiger partial charge in [-0.25, -0.2) is 22.0 Å². The Morgan fingerprint density at radius 3 is 1.71 bits per heavy atom. The lowest BCUT2D eigenvalue weighted by atomic mass is 10.1. The van der Waals surface area contributed by atoms with Crippen LogP contribution in [0.3, 0.4) is 0 Å². The highest BCUT2D eigenvalue weighted by Gasteiger charge is 2.16. The number of anilines is 3. The third-order valence-electron chi connectivity index (χ3n) is 9.07. The maximum Gasteiger partial charge on any atom is 0.323 e. The summed E-state index contributed by atoms with van der Waals surface area (Å²) in [6, 6.07) is 26.9. The van der Waals surface area contributed by atoms with Crippen LogP contribution < -0.4 is 35.3 Å². The van der Waals surface area contributed by atoms with E-state index in [9.17, 15) is 32.5 Å². The SMILES string of the molecule is COCCOc1cc2nccc(Oc3ccc(N)c(F)c3)c2cc1C#N.COCCOc1cc2nccc(Oc3ccc(NC(=O)Nc4cccc(S(C)(=O)=O)c4)c(F)c3)c2cc1C#N. The number of nitriles is 2. The number of nitrogens with one attached hydrogen (secondary N) is 2. The molecule has 0 radical (unpaired) electrons. The van der Waals surface area contributed by atoms with Gasteiger partial charge in [0, 0.05) is 73.6 Å². The molecule has 2 aromatic heterocycles. The summed E-state index contributed by atoms with van der Waals surface area (Å²) in [5.41, 5.74) is 7.34. The van der Waals surface area contributed by atoms with Crippen LogP contribution in [-0.4, -0.2) is 71.3 Å². The molecule has 0 aliphatic heterocycles. The molecule has 7 rings (SSSR count). The van der Waals surface area contributed by atoms with Gasteiger partial charge in [-0.2, -0.15) is 10.5 Å². The summed E-state index contributed by atoms with van der Waals surface area (Å²) in [5.74, 6) is 0.663. The maximum atomic E-state index is 14.8. The third kappa shape index (κ3) is 12.1. The molecule has 0 saturated heterocycles. The van der Waals surface area contributed by atoms with E-state index in [1.807, 2.05) is 0 Å². The number of carbonyl (C=O) groups is 1. The molecule has 16 nitrogen and oxygen atoms in total. The van der Waals surface area contributed by atoms with Crippen molar-refractivity contribution in [3.05, 3.63) is 132 Å². The average molecular weight is 904 g/mol. The molecule has 0 bridgehead atoms. The molecular formula is C46H39F2N7O9S. The molecule has 0 saturated carbocycles. The number of nitrogens with zero attached hydrogens (tertiary/aromatic N) is 4. The molecule has 4 N–H and O–H groups in total. The zero-order valence-corrected chi connectivity index (χ0v) is 35.7. The fraction of sp³-hybridized carbons (Fsp3) is 0.152. The largest absolute Gasteiger partial charge is 0.490 e. The highest BCUT2D eigenvalue weighted by Crippen LogP contribution is 2.36. The number of amides is 2. The molecule has 0 aliphatic carbocycles. The van der Waals surface area contributed by atoms with Gasteiger partial charge in [-0.3, -0.25) is 9.97 Å². The van der Waals surface area contributed by atoms with E-state index in [1.54, 1.807) is 62.9 Å². The quantitative estimate of drug-likeness (QED) is 0.0645. The number of urea groups is 1. The topological polar surface area (TPSA) is 230 Å². The Balaban J connectivity index is 0.000000233. The van der Waals surface area contributed by atoms with Crippen molar-refractivity contribution in [3.63, 3.8) is 0 Å². The van der Waals surface area contributed by atoms with Crippen LogP contribution in [-0.2, 0) is 19.3 Å². The van der Waals surface area contributed by atoms with E-state index in [-0.39, 0.29) is 39.9 Å². The van der Waals surface area contributed by atoms with Crippen LogP contribution in [0.5, 0.6) is 34.5 Å². The van der Waals surface area contributed by atoms with Gasteiger partial charge in [-0.15, -0.1) is 0 Å². The van der Waals surface area contributed by atoms with Gasteiger partial charge in [-0.05, 0) is 66.7 Å². The second kappa shape index (κ2) is 21.3. The number of benzene rings is 5. The van der Waals surface area contributed by atoms with Crippen molar-refractivity contribution in [1.29, 1.82) is 10.5 Å². The Bertz CT molecular complexity index is 3070. The zero-order chi connectivity index (χ0) is 46.5. The Morgan fingerprint density at radius 1 is 0.677 bits per heavy atom. The molecule has 65 heavy (non-hydrogen) atoms. The highest BCUT2D eigenvalue weighted by molar-refractivity contribution is 7.90. The summed E-state index contributed by atoms with van der Waals surface area (Å²) in [6.45, 7) is 1.34. The minimum Gasteiger partial charge on any atom is -0.490 e. The van der Waals surface area contributed by atoms with Gasteiger partial charge in [0.05, 0.1) is 51.6 Å². The highest BCUT2D eigenvalue weighted by atomic mass is 32.2. The number of carbonyl (C=O) groups excluding carboxylic acids is 1. The van der Waals surface area contributed by atoms with E-state index in [0.717, 1.165) is 12.3 Å². The third-order valence-corrected chi connectivity index (χ3v) is 10.2. The van der Waals surface area contributed by atoms with Crippen molar-refractivity contribution >= 4 is 54.7 Å². The van der Waals surface area contributed by atoms with Gasteiger partial charge in [0.2, 0.25) is 0 Å². The molecule has 0 fully saturated rings. The monoisotopic (exact) mass is 903 g/mol. The number of nitrogens with two attached hydrogens (primary N) is 1. The predicted molar refractivity (Wildman–Crippen MR) is 237 cm³/mol. The number of pyridine rings is 2. The first-order valence-electron chi connectivity index (χ1n) is 19.3. The van der Waals surface area contributed by atoms with Crippen LogP contribution in [0.4, 0.5) is 30.6 Å². The minimum absolute atomic E-state index is 0.0355. The van der Waals surface area contributed by atoms with Crippen LogP contribution in [0.1, 0.15) is 11.1 Å². The van der Waals surface area contributed by atoms with Gasteiger partial charge in [0.25, 0.3) is 0 Å². The second-order valence-corrected chi connectivity index (χ2v) is 15.7. The predicted octanol–water partition coefficient (Wildman–Crippen LogP) is 8.76. The van der Waals surface area contributed by atoms with E-state index in [2.05, 4.69) is 32.7 Å². The molecule has 0 atom stereocenters. The maximum absolute atomic E-state index is 14.8. The first kappa shape index (κ1) is 46.4. The summed E-state index contributed by atoms with van der Waals surface area (Å²) in [6.07, 6.45) is 4.13. The minimum atomic E-state index is -3.46. The van der Waals surface area contributed by atoms with Crippen LogP contribution in [0.15, 0.2) is 114 Å². The Labute approximate surface area is 371 Å². The molecule has 2 heterocycles. The van der Waals surface area contributed by atoms with E-state index in [4.69, 9.17) is 34.2 Å². The van der Waals surface area contributed by atoms with Gasteiger partial charge < -0.3 is 44.8 Å². The number of methoxy groups -OCH3 is 2. The Hall–Kier alpha value is -8.10. The normalized spacial score (nSPS) is 10.8. The number of hydrogen-bond donors (Lipinski definition) is 3. The molecule has 19 heteroatoms. The number of rotatable bonds is 15. The number of ether oxygens (including phenoxy) is 6. The fourth-order valence-corrected chi connectivity index (χ4v) is 6.60. The second-order valence-electron chi connectivity index (χ2n) is 13.7. The van der Waals surface area contributed by atoms with Crippen molar-refractivity contribution in [1.82, 2.24) is 9.97 Å². The number of sulfone groups is 1. The number of fused-ring (bicyclic) bond motifs is 2. The van der Waals surface area contributed by atoms with Crippen molar-refractivity contribution in [2.24, 2.45) is 0 Å². The van der Waals surface area contributed by atoms with Gasteiger partial charge in [0.15, 0.2) is 9.84 Å². The van der Waals surface area contributed by atoms with Crippen molar-refractivity contribution in [3.8, 4) is 46.6 Å². The molecule has 0 spiro atoms. The van der Waals surface area contributed by atoms with Gasteiger partial charge in [0.1, 0.15) is 71.5 Å². The van der Waals surface area contributed by atoms with Crippen LogP contribution >= 0.6 is 0 Å². The summed E-state index contributed by atoms with van der Waals surface area (Å²) in [5, 5.41) is 24.9. The van der Waals surface area contributed by atoms with Crippen LogP contribution in [0.25, 0.3) is 21.8 Å². The molecule has 332 valence electrons. The summed E-state index contributed by atoms with van der Waals surface area (Å²) in [7, 11) is -0.344. The average Bonchev–Trinajstić information content (AvgIpc) is 3.28. The first-order chi connectivity index (χ1) is 31.3.